The summed E-state index contributed by atoms with van der Waals surface area (Å²) in [6, 6.07) is 10.5. The zero-order valence-electron chi connectivity index (χ0n) is 11.6. The summed E-state index contributed by atoms with van der Waals surface area (Å²) < 4.78 is 28.6. The second-order valence-corrected chi connectivity index (χ2v) is 7.57. The van der Waals surface area contributed by atoms with Crippen molar-refractivity contribution in [3.05, 3.63) is 58.1 Å². The van der Waals surface area contributed by atoms with E-state index < -0.39 is 9.05 Å². The predicted octanol–water partition coefficient (Wildman–Crippen LogP) is 4.46. The predicted molar refractivity (Wildman–Crippen MR) is 84.7 cm³/mol. The number of rotatable bonds is 4. The maximum Gasteiger partial charge on any atom is 0.261 e. The van der Waals surface area contributed by atoms with Gasteiger partial charge in [-0.15, -0.1) is 0 Å². The van der Waals surface area contributed by atoms with Crippen LogP contribution in [0.5, 0.6) is 5.75 Å². The average molecular weight is 345 g/mol. The number of ether oxygens (including phenoxy) is 1. The molecule has 0 heterocycles. The van der Waals surface area contributed by atoms with Crippen LogP contribution in [-0.4, -0.2) is 8.42 Å². The Labute approximate surface area is 133 Å². The van der Waals surface area contributed by atoms with Crippen LogP contribution in [0.1, 0.15) is 16.7 Å². The summed E-state index contributed by atoms with van der Waals surface area (Å²) in [5.41, 5.74) is 2.19. The van der Waals surface area contributed by atoms with Crippen LogP contribution in [0.3, 0.4) is 0 Å². The summed E-state index contributed by atoms with van der Waals surface area (Å²) >= 11 is 6.07. The maximum absolute atomic E-state index is 11.4. The SMILES string of the molecule is Cc1c(OCc2ccccc2Cl)ccc(S(=O)(=O)Cl)c1C. The first-order valence-electron chi connectivity index (χ1n) is 6.22. The fourth-order valence-corrected chi connectivity index (χ4v) is 3.40. The molecule has 0 saturated heterocycles. The lowest BCUT2D eigenvalue weighted by Crippen LogP contribution is -2.02. The van der Waals surface area contributed by atoms with Crippen molar-refractivity contribution in [3.8, 4) is 5.75 Å². The van der Waals surface area contributed by atoms with Gasteiger partial charge in [-0.2, -0.15) is 0 Å². The number of halogens is 2. The van der Waals surface area contributed by atoms with Crippen LogP contribution >= 0.6 is 22.3 Å². The van der Waals surface area contributed by atoms with Crippen molar-refractivity contribution in [2.24, 2.45) is 0 Å². The molecule has 0 radical (unpaired) electrons. The molecular formula is C15H14Cl2O3S. The Morgan fingerprint density at radius 3 is 2.33 bits per heavy atom. The molecule has 2 rings (SSSR count). The van der Waals surface area contributed by atoms with Crippen LogP contribution in [-0.2, 0) is 15.7 Å². The summed E-state index contributed by atoms with van der Waals surface area (Å²) in [7, 11) is 1.64. The molecule has 0 fully saturated rings. The molecule has 0 aliphatic heterocycles. The Balaban J connectivity index is 2.27. The van der Waals surface area contributed by atoms with Gasteiger partial charge < -0.3 is 4.74 Å². The minimum absolute atomic E-state index is 0.103. The van der Waals surface area contributed by atoms with E-state index in [9.17, 15) is 8.42 Å². The van der Waals surface area contributed by atoms with Crippen molar-refractivity contribution in [2.75, 3.05) is 0 Å². The molecule has 6 heteroatoms. The highest BCUT2D eigenvalue weighted by Crippen LogP contribution is 2.29. The average Bonchev–Trinajstić information content (AvgIpc) is 2.40. The van der Waals surface area contributed by atoms with E-state index in [1.54, 1.807) is 26.0 Å². The van der Waals surface area contributed by atoms with Gasteiger partial charge in [0, 0.05) is 21.3 Å². The van der Waals surface area contributed by atoms with Gasteiger partial charge in [-0.3, -0.25) is 0 Å². The molecule has 0 unspecified atom stereocenters. The van der Waals surface area contributed by atoms with Crippen LogP contribution in [0, 0.1) is 13.8 Å². The summed E-state index contributed by atoms with van der Waals surface area (Å²) in [5.74, 6) is 0.608. The monoisotopic (exact) mass is 344 g/mol. The molecule has 3 nitrogen and oxygen atoms in total. The summed E-state index contributed by atoms with van der Waals surface area (Å²) in [5, 5.41) is 0.631. The summed E-state index contributed by atoms with van der Waals surface area (Å²) in [4.78, 5) is 0.103. The molecular weight excluding hydrogens is 331 g/mol. The van der Waals surface area contributed by atoms with Gasteiger partial charge in [0.2, 0.25) is 0 Å². The zero-order chi connectivity index (χ0) is 15.6. The topological polar surface area (TPSA) is 43.4 Å². The van der Waals surface area contributed by atoms with Crippen LogP contribution in [0.4, 0.5) is 0 Å². The van der Waals surface area contributed by atoms with Crippen LogP contribution in [0.2, 0.25) is 5.02 Å². The van der Waals surface area contributed by atoms with Crippen LogP contribution < -0.4 is 4.74 Å². The fourth-order valence-electron chi connectivity index (χ4n) is 1.96. The molecule has 0 spiro atoms. The second-order valence-electron chi connectivity index (χ2n) is 4.63. The van der Waals surface area contributed by atoms with E-state index in [0.29, 0.717) is 22.9 Å². The van der Waals surface area contributed by atoms with E-state index in [-0.39, 0.29) is 4.90 Å². The first kappa shape index (κ1) is 16.1. The van der Waals surface area contributed by atoms with Crippen molar-refractivity contribution >= 4 is 31.3 Å². The Kier molecular flexibility index (Phi) is 4.81. The number of hydrogen-bond acceptors (Lipinski definition) is 3. The molecule has 0 N–H and O–H groups in total. The van der Waals surface area contributed by atoms with E-state index in [1.807, 2.05) is 18.2 Å². The standard InChI is InChI=1S/C15H14Cl2O3S/c1-10-11(2)15(21(17,18)19)8-7-14(10)20-9-12-5-3-4-6-13(12)16/h3-8H,9H2,1-2H3. The Morgan fingerprint density at radius 1 is 1.05 bits per heavy atom. The highest BCUT2D eigenvalue weighted by atomic mass is 35.7. The molecule has 0 amide bonds. The van der Waals surface area contributed by atoms with Gasteiger partial charge in [0.15, 0.2) is 0 Å². The van der Waals surface area contributed by atoms with Crippen molar-refractivity contribution in [3.63, 3.8) is 0 Å². The molecule has 112 valence electrons. The van der Waals surface area contributed by atoms with E-state index in [0.717, 1.165) is 11.1 Å². The Hall–Kier alpha value is -1.23. The van der Waals surface area contributed by atoms with Gasteiger partial charge >= 0.3 is 0 Å². The van der Waals surface area contributed by atoms with Gasteiger partial charge in [0.05, 0.1) is 4.90 Å². The van der Waals surface area contributed by atoms with E-state index >= 15 is 0 Å². The Bertz CT molecular complexity index is 770. The molecule has 21 heavy (non-hydrogen) atoms. The lowest BCUT2D eigenvalue weighted by molar-refractivity contribution is 0.303. The minimum Gasteiger partial charge on any atom is -0.489 e. The molecule has 2 aromatic rings. The lowest BCUT2D eigenvalue weighted by Gasteiger charge is -2.13. The van der Waals surface area contributed by atoms with Crippen molar-refractivity contribution in [1.29, 1.82) is 0 Å². The molecule has 0 aromatic heterocycles. The van der Waals surface area contributed by atoms with Gasteiger partial charge in [-0.1, -0.05) is 29.8 Å². The van der Waals surface area contributed by atoms with Gasteiger partial charge in [0.25, 0.3) is 9.05 Å². The van der Waals surface area contributed by atoms with Crippen LogP contribution in [0.25, 0.3) is 0 Å². The van der Waals surface area contributed by atoms with E-state index in [2.05, 4.69) is 0 Å². The third kappa shape index (κ3) is 3.70. The number of benzene rings is 2. The first-order valence-corrected chi connectivity index (χ1v) is 8.90. The van der Waals surface area contributed by atoms with E-state index in [4.69, 9.17) is 27.0 Å². The van der Waals surface area contributed by atoms with Gasteiger partial charge in [-0.25, -0.2) is 8.42 Å². The van der Waals surface area contributed by atoms with E-state index in [1.165, 1.54) is 6.07 Å². The number of hydrogen-bond donors (Lipinski definition) is 0. The quantitative estimate of drug-likeness (QED) is 0.768. The summed E-state index contributed by atoms with van der Waals surface area (Å²) in [6.45, 7) is 3.81. The van der Waals surface area contributed by atoms with Crippen molar-refractivity contribution < 1.29 is 13.2 Å². The van der Waals surface area contributed by atoms with Gasteiger partial charge in [0.1, 0.15) is 12.4 Å². The molecule has 0 aliphatic carbocycles. The molecule has 0 aliphatic rings. The zero-order valence-corrected chi connectivity index (χ0v) is 13.9. The van der Waals surface area contributed by atoms with Crippen molar-refractivity contribution in [1.82, 2.24) is 0 Å². The first-order chi connectivity index (χ1) is 9.80. The lowest BCUT2D eigenvalue weighted by atomic mass is 10.1. The third-order valence-electron chi connectivity index (χ3n) is 3.29. The molecule has 0 saturated carbocycles. The maximum atomic E-state index is 11.4. The summed E-state index contributed by atoms with van der Waals surface area (Å²) in [6.07, 6.45) is 0. The highest BCUT2D eigenvalue weighted by molar-refractivity contribution is 8.13. The van der Waals surface area contributed by atoms with Crippen molar-refractivity contribution in [2.45, 2.75) is 25.3 Å². The fraction of sp³-hybridized carbons (Fsp3) is 0.200. The molecule has 0 bridgehead atoms. The highest BCUT2D eigenvalue weighted by Gasteiger charge is 2.17. The Morgan fingerprint density at radius 2 is 1.71 bits per heavy atom. The third-order valence-corrected chi connectivity index (χ3v) is 5.13. The smallest absolute Gasteiger partial charge is 0.261 e. The second kappa shape index (κ2) is 6.26. The molecule has 0 atom stereocenters. The normalized spacial score (nSPS) is 11.4. The minimum atomic E-state index is -3.75. The van der Waals surface area contributed by atoms with Crippen LogP contribution in [0.15, 0.2) is 41.3 Å². The largest absolute Gasteiger partial charge is 0.489 e. The van der Waals surface area contributed by atoms with Gasteiger partial charge in [-0.05, 0) is 43.2 Å². The molecule has 2 aromatic carbocycles.